The van der Waals surface area contributed by atoms with Gasteiger partial charge in [0.2, 0.25) is 0 Å². The van der Waals surface area contributed by atoms with Crippen LogP contribution in [0.2, 0.25) is 0 Å². The van der Waals surface area contributed by atoms with E-state index in [4.69, 9.17) is 0 Å². The molecular formula is C13H23NO. The largest absolute Gasteiger partial charge is 0.388 e. The predicted molar refractivity (Wildman–Crippen MR) is 63.6 cm³/mol. The van der Waals surface area contributed by atoms with Crippen LogP contribution in [0.15, 0.2) is 11.3 Å². The summed E-state index contributed by atoms with van der Waals surface area (Å²) < 4.78 is 0. The summed E-state index contributed by atoms with van der Waals surface area (Å²) in [7, 11) is 0. The summed E-state index contributed by atoms with van der Waals surface area (Å²) in [6, 6.07) is 0. The average Bonchev–Trinajstić information content (AvgIpc) is 2.65. The van der Waals surface area contributed by atoms with Gasteiger partial charge in [-0.05, 0) is 25.2 Å². The second-order valence-electron chi connectivity index (χ2n) is 4.39. The molecule has 1 unspecified atom stereocenters. The number of nitrogens with one attached hydrogen (secondary N) is 1. The molecule has 0 aromatic carbocycles. The Balaban J connectivity index is 2.82. The van der Waals surface area contributed by atoms with Gasteiger partial charge in [-0.15, -0.1) is 0 Å². The number of unbranched alkanes of at least 4 members (excludes halogenated alkanes) is 1. The van der Waals surface area contributed by atoms with Crippen LogP contribution in [-0.2, 0) is 4.79 Å². The number of ketones is 1. The Hall–Kier alpha value is -0.790. The van der Waals surface area contributed by atoms with Gasteiger partial charge in [-0.1, -0.05) is 27.2 Å². The third-order valence-corrected chi connectivity index (χ3v) is 3.15. The molecule has 1 rings (SSSR count). The van der Waals surface area contributed by atoms with Crippen molar-refractivity contribution in [2.75, 3.05) is 6.54 Å². The van der Waals surface area contributed by atoms with Gasteiger partial charge in [-0.2, -0.15) is 0 Å². The van der Waals surface area contributed by atoms with Crippen LogP contribution in [0.5, 0.6) is 0 Å². The summed E-state index contributed by atoms with van der Waals surface area (Å²) in [5.74, 6) is 0.882. The number of rotatable bonds is 5. The molecule has 1 saturated heterocycles. The van der Waals surface area contributed by atoms with E-state index in [-0.39, 0.29) is 0 Å². The number of carbonyl (C=O) groups is 1. The number of carbonyl (C=O) groups excluding carboxylic acids is 1. The van der Waals surface area contributed by atoms with Crippen LogP contribution >= 0.6 is 0 Å². The van der Waals surface area contributed by atoms with Crippen molar-refractivity contribution in [2.24, 2.45) is 5.92 Å². The van der Waals surface area contributed by atoms with Crippen LogP contribution in [-0.4, -0.2) is 12.3 Å². The van der Waals surface area contributed by atoms with Gasteiger partial charge in [-0.25, -0.2) is 0 Å². The lowest BCUT2D eigenvalue weighted by molar-refractivity contribution is -0.115. The molecule has 1 heterocycles. The van der Waals surface area contributed by atoms with Gasteiger partial charge >= 0.3 is 0 Å². The van der Waals surface area contributed by atoms with Crippen molar-refractivity contribution in [1.29, 1.82) is 0 Å². The lowest BCUT2D eigenvalue weighted by atomic mass is 9.95. The Kier molecular flexibility index (Phi) is 4.86. The molecule has 0 radical (unpaired) electrons. The number of Topliss-reactive ketones (excluding diaryl/α,β-unsaturated/α-hetero) is 1. The van der Waals surface area contributed by atoms with Crippen LogP contribution in [0.4, 0.5) is 0 Å². The first-order valence-electron chi connectivity index (χ1n) is 6.20. The van der Waals surface area contributed by atoms with E-state index in [2.05, 4.69) is 19.2 Å². The third-order valence-electron chi connectivity index (χ3n) is 3.15. The Morgan fingerprint density at radius 1 is 1.47 bits per heavy atom. The highest BCUT2D eigenvalue weighted by atomic mass is 16.1. The highest BCUT2D eigenvalue weighted by Gasteiger charge is 2.22. The van der Waals surface area contributed by atoms with Crippen molar-refractivity contribution in [3.05, 3.63) is 11.3 Å². The lowest BCUT2D eigenvalue weighted by Crippen LogP contribution is -2.15. The van der Waals surface area contributed by atoms with E-state index < -0.39 is 0 Å². The van der Waals surface area contributed by atoms with Crippen molar-refractivity contribution in [3.8, 4) is 0 Å². The minimum atomic E-state index is 0.333. The second-order valence-corrected chi connectivity index (χ2v) is 4.39. The Bertz CT molecular complexity index is 255. The van der Waals surface area contributed by atoms with E-state index in [0.29, 0.717) is 18.1 Å². The van der Waals surface area contributed by atoms with E-state index in [0.717, 1.165) is 31.4 Å². The van der Waals surface area contributed by atoms with E-state index in [1.807, 2.05) is 6.92 Å². The Labute approximate surface area is 93.1 Å². The molecule has 0 amide bonds. The fourth-order valence-electron chi connectivity index (χ4n) is 2.14. The fourth-order valence-corrected chi connectivity index (χ4v) is 2.14. The first-order chi connectivity index (χ1) is 7.20. The maximum atomic E-state index is 11.9. The van der Waals surface area contributed by atoms with Crippen molar-refractivity contribution in [3.63, 3.8) is 0 Å². The second kappa shape index (κ2) is 5.94. The van der Waals surface area contributed by atoms with E-state index >= 15 is 0 Å². The number of allylic oxidation sites excluding steroid dienone is 2. The Morgan fingerprint density at radius 3 is 2.67 bits per heavy atom. The van der Waals surface area contributed by atoms with Gasteiger partial charge < -0.3 is 5.32 Å². The molecule has 0 aromatic heterocycles. The van der Waals surface area contributed by atoms with Gasteiger partial charge in [0.05, 0.1) is 0 Å². The molecule has 2 nitrogen and oxygen atoms in total. The maximum Gasteiger partial charge on any atom is 0.160 e. The Morgan fingerprint density at radius 2 is 2.20 bits per heavy atom. The van der Waals surface area contributed by atoms with E-state index in [9.17, 15) is 4.79 Å². The van der Waals surface area contributed by atoms with Crippen LogP contribution in [0, 0.1) is 5.92 Å². The zero-order chi connectivity index (χ0) is 11.3. The molecule has 2 heteroatoms. The standard InChI is InChI=1S/C13H23NO/c1-4-6-7-11(12(15)5-2)13-10(3)8-9-14-13/h10,14H,4-9H2,1-3H3/b13-11+. The summed E-state index contributed by atoms with van der Waals surface area (Å²) in [6.45, 7) is 7.37. The zero-order valence-corrected chi connectivity index (χ0v) is 10.2. The number of hydrogen-bond acceptors (Lipinski definition) is 2. The molecule has 0 bridgehead atoms. The zero-order valence-electron chi connectivity index (χ0n) is 10.2. The summed E-state index contributed by atoms with van der Waals surface area (Å²) in [5, 5.41) is 3.39. The van der Waals surface area contributed by atoms with Gasteiger partial charge in [0.25, 0.3) is 0 Å². The third kappa shape index (κ3) is 3.08. The van der Waals surface area contributed by atoms with Crippen LogP contribution in [0.1, 0.15) is 52.9 Å². The van der Waals surface area contributed by atoms with Crippen molar-refractivity contribution in [1.82, 2.24) is 5.32 Å². The minimum absolute atomic E-state index is 0.333. The predicted octanol–water partition coefficient (Wildman–Crippen LogP) is 3.04. The summed E-state index contributed by atoms with van der Waals surface area (Å²) in [5.41, 5.74) is 2.31. The maximum absolute atomic E-state index is 11.9. The smallest absolute Gasteiger partial charge is 0.160 e. The molecular weight excluding hydrogens is 186 g/mol. The highest BCUT2D eigenvalue weighted by molar-refractivity contribution is 5.95. The molecule has 1 atom stereocenters. The van der Waals surface area contributed by atoms with E-state index in [1.165, 1.54) is 12.1 Å². The van der Waals surface area contributed by atoms with Crippen LogP contribution < -0.4 is 5.32 Å². The lowest BCUT2D eigenvalue weighted by Gasteiger charge is -2.13. The van der Waals surface area contributed by atoms with Crippen LogP contribution in [0.25, 0.3) is 0 Å². The van der Waals surface area contributed by atoms with Crippen LogP contribution in [0.3, 0.4) is 0 Å². The molecule has 1 aliphatic rings. The van der Waals surface area contributed by atoms with Gasteiger partial charge in [0.1, 0.15) is 0 Å². The fraction of sp³-hybridized carbons (Fsp3) is 0.769. The average molecular weight is 209 g/mol. The van der Waals surface area contributed by atoms with E-state index in [1.54, 1.807) is 0 Å². The molecule has 15 heavy (non-hydrogen) atoms. The monoisotopic (exact) mass is 209 g/mol. The van der Waals surface area contributed by atoms with Gasteiger partial charge in [0.15, 0.2) is 5.78 Å². The van der Waals surface area contributed by atoms with Gasteiger partial charge in [0, 0.05) is 24.2 Å². The first-order valence-corrected chi connectivity index (χ1v) is 6.20. The topological polar surface area (TPSA) is 29.1 Å². The molecule has 0 aromatic rings. The first kappa shape index (κ1) is 12.3. The summed E-state index contributed by atoms with van der Waals surface area (Å²) in [4.78, 5) is 11.9. The molecule has 1 fully saturated rings. The van der Waals surface area contributed by atoms with Crippen molar-refractivity contribution in [2.45, 2.75) is 52.9 Å². The molecule has 86 valence electrons. The molecule has 1 N–H and O–H groups in total. The summed E-state index contributed by atoms with van der Waals surface area (Å²) in [6.07, 6.45) is 5.04. The van der Waals surface area contributed by atoms with Crippen molar-refractivity contribution < 1.29 is 4.79 Å². The number of hydrogen-bond donors (Lipinski definition) is 1. The highest BCUT2D eigenvalue weighted by Crippen LogP contribution is 2.25. The normalized spacial score (nSPS) is 23.8. The summed E-state index contributed by atoms with van der Waals surface area (Å²) >= 11 is 0. The molecule has 0 aliphatic carbocycles. The molecule has 0 saturated carbocycles. The molecule has 0 spiro atoms. The van der Waals surface area contributed by atoms with Gasteiger partial charge in [-0.3, -0.25) is 4.79 Å². The quantitative estimate of drug-likeness (QED) is 0.705. The SMILES string of the molecule is CCCC/C(C(=O)CC)=C1\NCCC1C. The van der Waals surface area contributed by atoms with Crippen molar-refractivity contribution >= 4 is 5.78 Å². The molecule has 1 aliphatic heterocycles. The minimum Gasteiger partial charge on any atom is -0.388 e.